The summed E-state index contributed by atoms with van der Waals surface area (Å²) in [6.45, 7) is 3.13. The first kappa shape index (κ1) is 13.6. The van der Waals surface area contributed by atoms with Crippen LogP contribution < -0.4 is 10.2 Å². The first-order valence-electron chi connectivity index (χ1n) is 7.33. The van der Waals surface area contributed by atoms with E-state index in [2.05, 4.69) is 40.5 Å². The van der Waals surface area contributed by atoms with E-state index in [4.69, 9.17) is 4.98 Å². The third kappa shape index (κ3) is 2.86. The third-order valence-corrected chi connectivity index (χ3v) is 4.90. The second-order valence-corrected chi connectivity index (χ2v) is 6.19. The summed E-state index contributed by atoms with van der Waals surface area (Å²) < 4.78 is 0. The maximum absolute atomic E-state index is 4.88. The lowest BCUT2D eigenvalue weighted by atomic mass is 10.1. The summed E-state index contributed by atoms with van der Waals surface area (Å²) in [5.41, 5.74) is 2.45. The third-order valence-electron chi connectivity index (χ3n) is 3.69. The molecule has 1 fully saturated rings. The Morgan fingerprint density at radius 3 is 2.60 bits per heavy atom. The summed E-state index contributed by atoms with van der Waals surface area (Å²) in [5, 5.41) is 4.42. The maximum Gasteiger partial charge on any atom is 0.186 e. The zero-order valence-corrected chi connectivity index (χ0v) is 12.7. The van der Waals surface area contributed by atoms with E-state index in [9.17, 15) is 0 Å². The van der Waals surface area contributed by atoms with Crippen LogP contribution in [-0.4, -0.2) is 25.1 Å². The Labute approximate surface area is 124 Å². The molecule has 20 heavy (non-hydrogen) atoms. The molecule has 2 aromatic rings. The number of piperidine rings is 1. The van der Waals surface area contributed by atoms with E-state index >= 15 is 0 Å². The van der Waals surface area contributed by atoms with Crippen molar-refractivity contribution >= 4 is 16.5 Å². The molecule has 0 atom stereocenters. The molecular formula is C16H21N3S. The van der Waals surface area contributed by atoms with Crippen LogP contribution in [0.5, 0.6) is 0 Å². The molecule has 0 aliphatic carbocycles. The zero-order valence-electron chi connectivity index (χ0n) is 11.9. The van der Waals surface area contributed by atoms with Crippen LogP contribution >= 0.6 is 11.3 Å². The van der Waals surface area contributed by atoms with E-state index in [-0.39, 0.29) is 0 Å². The predicted molar refractivity (Wildman–Crippen MR) is 86.4 cm³/mol. The molecule has 3 nitrogen and oxygen atoms in total. The van der Waals surface area contributed by atoms with Crippen molar-refractivity contribution < 1.29 is 0 Å². The van der Waals surface area contributed by atoms with Gasteiger partial charge in [-0.2, -0.15) is 0 Å². The van der Waals surface area contributed by atoms with Gasteiger partial charge < -0.3 is 10.2 Å². The van der Waals surface area contributed by atoms with E-state index < -0.39 is 0 Å². The van der Waals surface area contributed by atoms with Crippen LogP contribution in [0.2, 0.25) is 0 Å². The van der Waals surface area contributed by atoms with E-state index in [0.717, 1.165) is 19.6 Å². The molecule has 0 saturated carbocycles. The molecule has 1 aromatic heterocycles. The highest BCUT2D eigenvalue weighted by molar-refractivity contribution is 7.19. The van der Waals surface area contributed by atoms with Gasteiger partial charge in [0.2, 0.25) is 0 Å². The molecule has 1 N–H and O–H groups in total. The molecule has 106 valence electrons. The lowest BCUT2D eigenvalue weighted by Gasteiger charge is -2.25. The normalized spacial score (nSPS) is 15.6. The first-order valence-corrected chi connectivity index (χ1v) is 8.15. The lowest BCUT2D eigenvalue weighted by molar-refractivity contribution is 0.576. The Morgan fingerprint density at radius 2 is 1.90 bits per heavy atom. The minimum Gasteiger partial charge on any atom is -0.348 e. The van der Waals surface area contributed by atoms with Gasteiger partial charge in [0.25, 0.3) is 0 Å². The monoisotopic (exact) mass is 287 g/mol. The topological polar surface area (TPSA) is 28.2 Å². The number of nitrogens with one attached hydrogen (secondary N) is 1. The highest BCUT2D eigenvalue weighted by atomic mass is 32.1. The van der Waals surface area contributed by atoms with Crippen molar-refractivity contribution in [3.8, 4) is 10.4 Å². The van der Waals surface area contributed by atoms with Crippen molar-refractivity contribution in [1.82, 2.24) is 10.3 Å². The van der Waals surface area contributed by atoms with Crippen LogP contribution in [0, 0.1) is 0 Å². The smallest absolute Gasteiger partial charge is 0.186 e. The summed E-state index contributed by atoms with van der Waals surface area (Å²) in [6.07, 6.45) is 3.94. The van der Waals surface area contributed by atoms with Crippen molar-refractivity contribution in [2.45, 2.75) is 25.8 Å². The highest BCUT2D eigenvalue weighted by Crippen LogP contribution is 2.35. The molecular weight excluding hydrogens is 266 g/mol. The number of thiazole rings is 1. The molecule has 0 amide bonds. The molecule has 1 aliphatic rings. The van der Waals surface area contributed by atoms with Gasteiger partial charge in [-0.05, 0) is 31.9 Å². The summed E-state index contributed by atoms with van der Waals surface area (Å²) >= 11 is 1.83. The van der Waals surface area contributed by atoms with Crippen molar-refractivity contribution in [3.05, 3.63) is 36.0 Å². The molecule has 1 aliphatic heterocycles. The predicted octanol–water partition coefficient (Wildman–Crippen LogP) is 3.52. The second-order valence-electron chi connectivity index (χ2n) is 5.22. The first-order chi connectivity index (χ1) is 9.88. The van der Waals surface area contributed by atoms with Crippen LogP contribution in [0.1, 0.15) is 25.0 Å². The Morgan fingerprint density at radius 1 is 1.15 bits per heavy atom. The van der Waals surface area contributed by atoms with Gasteiger partial charge in [-0.3, -0.25) is 0 Å². The van der Waals surface area contributed by atoms with Gasteiger partial charge in [-0.15, -0.1) is 0 Å². The van der Waals surface area contributed by atoms with E-state index in [1.54, 1.807) is 0 Å². The number of nitrogens with zero attached hydrogens (tertiary/aromatic N) is 2. The van der Waals surface area contributed by atoms with Crippen LogP contribution in [-0.2, 0) is 6.54 Å². The number of rotatable bonds is 4. The SMILES string of the molecule is CNCc1nc(N2CCCCC2)sc1-c1ccccc1. The van der Waals surface area contributed by atoms with E-state index in [0.29, 0.717) is 0 Å². The van der Waals surface area contributed by atoms with Gasteiger partial charge in [0.1, 0.15) is 0 Å². The lowest BCUT2D eigenvalue weighted by Crippen LogP contribution is -2.29. The molecule has 0 bridgehead atoms. The molecule has 4 heteroatoms. The molecule has 0 spiro atoms. The quantitative estimate of drug-likeness (QED) is 0.932. The number of hydrogen-bond acceptors (Lipinski definition) is 4. The number of hydrogen-bond donors (Lipinski definition) is 1. The van der Waals surface area contributed by atoms with Gasteiger partial charge in [-0.25, -0.2) is 4.98 Å². The van der Waals surface area contributed by atoms with E-state index in [1.165, 1.54) is 40.5 Å². The second kappa shape index (κ2) is 6.37. The van der Waals surface area contributed by atoms with E-state index in [1.807, 2.05) is 18.4 Å². The summed E-state index contributed by atoms with van der Waals surface area (Å²) in [6, 6.07) is 10.6. The Bertz CT molecular complexity index is 544. The van der Waals surface area contributed by atoms with Crippen LogP contribution in [0.4, 0.5) is 5.13 Å². The van der Waals surface area contributed by atoms with Crippen LogP contribution in [0.25, 0.3) is 10.4 Å². The largest absolute Gasteiger partial charge is 0.348 e. The minimum atomic E-state index is 0.828. The van der Waals surface area contributed by atoms with Crippen molar-refractivity contribution in [2.75, 3.05) is 25.0 Å². The fourth-order valence-corrected chi connectivity index (χ4v) is 3.80. The van der Waals surface area contributed by atoms with Gasteiger partial charge in [-0.1, -0.05) is 41.7 Å². The number of aromatic nitrogens is 1. The summed E-state index contributed by atoms with van der Waals surface area (Å²) in [4.78, 5) is 8.63. The highest BCUT2D eigenvalue weighted by Gasteiger charge is 2.18. The molecule has 2 heterocycles. The van der Waals surface area contributed by atoms with Gasteiger partial charge in [0.15, 0.2) is 5.13 Å². The Hall–Kier alpha value is -1.39. The summed E-state index contributed by atoms with van der Waals surface area (Å²) in [5.74, 6) is 0. The van der Waals surface area contributed by atoms with Crippen molar-refractivity contribution in [2.24, 2.45) is 0 Å². The molecule has 3 rings (SSSR count). The van der Waals surface area contributed by atoms with Crippen LogP contribution in [0.3, 0.4) is 0 Å². The van der Waals surface area contributed by atoms with Gasteiger partial charge in [0.05, 0.1) is 10.6 Å². The number of anilines is 1. The number of benzene rings is 1. The average molecular weight is 287 g/mol. The summed E-state index contributed by atoms with van der Waals surface area (Å²) in [7, 11) is 1.98. The molecule has 1 aromatic carbocycles. The van der Waals surface area contributed by atoms with Gasteiger partial charge >= 0.3 is 0 Å². The Balaban J connectivity index is 1.93. The van der Waals surface area contributed by atoms with Crippen molar-refractivity contribution in [3.63, 3.8) is 0 Å². The fourth-order valence-electron chi connectivity index (χ4n) is 2.66. The molecule has 0 unspecified atom stereocenters. The molecule has 1 saturated heterocycles. The fraction of sp³-hybridized carbons (Fsp3) is 0.438. The standard InChI is InChI=1S/C16H21N3S/c1-17-12-14-15(13-8-4-2-5-9-13)20-16(18-14)19-10-6-3-7-11-19/h2,4-5,8-9,17H,3,6-7,10-12H2,1H3. The maximum atomic E-state index is 4.88. The Kier molecular flexibility index (Phi) is 4.33. The van der Waals surface area contributed by atoms with Crippen molar-refractivity contribution in [1.29, 1.82) is 0 Å². The van der Waals surface area contributed by atoms with Gasteiger partial charge in [0, 0.05) is 19.6 Å². The molecule has 0 radical (unpaired) electrons. The zero-order chi connectivity index (χ0) is 13.8. The minimum absolute atomic E-state index is 0.828. The van der Waals surface area contributed by atoms with Crippen LogP contribution in [0.15, 0.2) is 30.3 Å². The average Bonchev–Trinajstić information content (AvgIpc) is 2.94.